The lowest BCUT2D eigenvalue weighted by Gasteiger charge is -2.22. The largest absolute Gasteiger partial charge is 0.480 e. The zero-order chi connectivity index (χ0) is 15.8. The normalized spacial score (nSPS) is 16.9. The fraction of sp³-hybridized carbons (Fsp3) is 0.500. The Labute approximate surface area is 125 Å². The minimum Gasteiger partial charge on any atom is -0.480 e. The molecule has 1 amide bonds. The monoisotopic (exact) mass is 292 g/mol. The number of amides is 1. The van der Waals surface area contributed by atoms with Gasteiger partial charge in [-0.25, -0.2) is 4.79 Å². The Morgan fingerprint density at radius 1 is 1.38 bits per heavy atom. The zero-order valence-electron chi connectivity index (χ0n) is 12.7. The molecule has 5 nitrogen and oxygen atoms in total. The van der Waals surface area contributed by atoms with Crippen molar-refractivity contribution in [3.05, 3.63) is 35.9 Å². The van der Waals surface area contributed by atoms with Gasteiger partial charge in [0.2, 0.25) is 5.91 Å². The first-order valence-electron chi connectivity index (χ1n) is 7.30. The minimum absolute atomic E-state index is 0.0238. The summed E-state index contributed by atoms with van der Waals surface area (Å²) in [5, 5.41) is 8.76. The molecule has 1 aliphatic heterocycles. The maximum atomic E-state index is 11.1. The summed E-state index contributed by atoms with van der Waals surface area (Å²) >= 11 is 0. The molecule has 0 radical (unpaired) electrons. The summed E-state index contributed by atoms with van der Waals surface area (Å²) in [4.78, 5) is 23.3. The standard InChI is InChI=1S/C8H13NO3.C8H11N/c1-2-6(8(11)12)9-5-3-4-7(9)10;1-7(9)8-5-3-2-4-6-8/h6H,2-5H2,1H3,(H,11,12);2-7H,9H2,1H3/t6-;7-/m01/s1. The Balaban J connectivity index is 0.000000219. The van der Waals surface area contributed by atoms with Crippen LogP contribution in [0.3, 0.4) is 0 Å². The van der Waals surface area contributed by atoms with E-state index in [2.05, 4.69) is 0 Å². The first-order valence-corrected chi connectivity index (χ1v) is 7.30. The minimum atomic E-state index is -0.896. The summed E-state index contributed by atoms with van der Waals surface area (Å²) in [6, 6.07) is 9.60. The van der Waals surface area contributed by atoms with Crippen LogP contribution in [0, 0.1) is 0 Å². The zero-order valence-corrected chi connectivity index (χ0v) is 12.7. The van der Waals surface area contributed by atoms with Gasteiger partial charge in [-0.15, -0.1) is 0 Å². The topological polar surface area (TPSA) is 83.6 Å². The van der Waals surface area contributed by atoms with Gasteiger partial charge in [0, 0.05) is 19.0 Å². The summed E-state index contributed by atoms with van der Waals surface area (Å²) < 4.78 is 0. The summed E-state index contributed by atoms with van der Waals surface area (Å²) in [5.41, 5.74) is 6.81. The number of nitrogens with two attached hydrogens (primary N) is 1. The highest BCUT2D eigenvalue weighted by atomic mass is 16.4. The van der Waals surface area contributed by atoms with E-state index in [1.807, 2.05) is 37.3 Å². The summed E-state index contributed by atoms with van der Waals surface area (Å²) in [6.07, 6.45) is 1.79. The van der Waals surface area contributed by atoms with Crippen LogP contribution in [0.4, 0.5) is 0 Å². The number of carbonyl (C=O) groups is 2. The summed E-state index contributed by atoms with van der Waals surface area (Å²) in [6.45, 7) is 4.36. The molecule has 0 saturated carbocycles. The molecular formula is C16H24N2O3. The van der Waals surface area contributed by atoms with Crippen molar-refractivity contribution >= 4 is 11.9 Å². The van der Waals surface area contributed by atoms with Crippen molar-refractivity contribution in [3.63, 3.8) is 0 Å². The van der Waals surface area contributed by atoms with Crippen molar-refractivity contribution in [2.24, 2.45) is 5.73 Å². The van der Waals surface area contributed by atoms with Gasteiger partial charge in [0.15, 0.2) is 0 Å². The fourth-order valence-corrected chi connectivity index (χ4v) is 2.28. The van der Waals surface area contributed by atoms with E-state index >= 15 is 0 Å². The number of benzene rings is 1. The molecule has 1 fully saturated rings. The van der Waals surface area contributed by atoms with Gasteiger partial charge in [0.25, 0.3) is 0 Å². The van der Waals surface area contributed by atoms with E-state index in [1.54, 1.807) is 6.92 Å². The van der Waals surface area contributed by atoms with E-state index in [4.69, 9.17) is 10.8 Å². The Morgan fingerprint density at radius 3 is 2.33 bits per heavy atom. The highest BCUT2D eigenvalue weighted by molar-refractivity contribution is 5.84. The number of aliphatic carboxylic acids is 1. The average molecular weight is 292 g/mol. The Kier molecular flexibility index (Phi) is 6.88. The number of rotatable bonds is 4. The molecule has 0 unspecified atom stereocenters. The third-order valence-corrected chi connectivity index (χ3v) is 3.48. The molecule has 1 aromatic rings. The number of likely N-dealkylation sites (tertiary alicyclic amines) is 1. The van der Waals surface area contributed by atoms with Crippen molar-refractivity contribution in [1.82, 2.24) is 4.90 Å². The molecule has 1 heterocycles. The lowest BCUT2D eigenvalue weighted by Crippen LogP contribution is -2.41. The van der Waals surface area contributed by atoms with Gasteiger partial charge in [-0.1, -0.05) is 37.3 Å². The van der Waals surface area contributed by atoms with Crippen LogP contribution in [0.5, 0.6) is 0 Å². The van der Waals surface area contributed by atoms with Crippen molar-refractivity contribution < 1.29 is 14.7 Å². The smallest absolute Gasteiger partial charge is 0.326 e. The van der Waals surface area contributed by atoms with E-state index in [0.717, 1.165) is 6.42 Å². The Hall–Kier alpha value is -1.88. The second kappa shape index (κ2) is 8.42. The van der Waals surface area contributed by atoms with E-state index in [-0.39, 0.29) is 11.9 Å². The maximum Gasteiger partial charge on any atom is 0.326 e. The highest BCUT2D eigenvalue weighted by Crippen LogP contribution is 2.15. The Bertz CT molecular complexity index is 460. The van der Waals surface area contributed by atoms with Crippen molar-refractivity contribution in [2.45, 2.75) is 45.2 Å². The van der Waals surface area contributed by atoms with Crippen molar-refractivity contribution in [1.29, 1.82) is 0 Å². The van der Waals surface area contributed by atoms with Crippen LogP contribution in [0.1, 0.15) is 44.7 Å². The summed E-state index contributed by atoms with van der Waals surface area (Å²) in [7, 11) is 0. The maximum absolute atomic E-state index is 11.1. The third-order valence-electron chi connectivity index (χ3n) is 3.48. The van der Waals surface area contributed by atoms with Crippen LogP contribution in [-0.4, -0.2) is 34.5 Å². The van der Waals surface area contributed by atoms with Gasteiger partial charge in [0.05, 0.1) is 0 Å². The molecule has 0 aromatic heterocycles. The number of carboxylic acid groups (broad SMARTS) is 1. The van der Waals surface area contributed by atoms with E-state index in [1.165, 1.54) is 10.5 Å². The van der Waals surface area contributed by atoms with Gasteiger partial charge in [-0.2, -0.15) is 0 Å². The van der Waals surface area contributed by atoms with Crippen LogP contribution >= 0.6 is 0 Å². The lowest BCUT2D eigenvalue weighted by atomic mass is 10.1. The van der Waals surface area contributed by atoms with Crippen LogP contribution < -0.4 is 5.73 Å². The number of carboxylic acids is 1. The number of hydrogen-bond acceptors (Lipinski definition) is 3. The molecule has 116 valence electrons. The quantitative estimate of drug-likeness (QED) is 0.891. The van der Waals surface area contributed by atoms with E-state index < -0.39 is 12.0 Å². The molecule has 1 aliphatic rings. The molecule has 0 bridgehead atoms. The van der Waals surface area contributed by atoms with Gasteiger partial charge >= 0.3 is 5.97 Å². The van der Waals surface area contributed by atoms with Gasteiger partial charge in [-0.05, 0) is 25.3 Å². The second-order valence-corrected chi connectivity index (χ2v) is 5.15. The van der Waals surface area contributed by atoms with Gasteiger partial charge in [0.1, 0.15) is 6.04 Å². The summed E-state index contributed by atoms with van der Waals surface area (Å²) in [5.74, 6) is -0.919. The predicted octanol–water partition coefficient (Wildman–Crippen LogP) is 2.18. The first kappa shape index (κ1) is 17.2. The molecular weight excluding hydrogens is 268 g/mol. The van der Waals surface area contributed by atoms with Crippen LogP contribution in [-0.2, 0) is 9.59 Å². The Morgan fingerprint density at radius 2 is 2.00 bits per heavy atom. The lowest BCUT2D eigenvalue weighted by molar-refractivity contribution is -0.148. The highest BCUT2D eigenvalue weighted by Gasteiger charge is 2.30. The van der Waals surface area contributed by atoms with E-state index in [0.29, 0.717) is 19.4 Å². The molecule has 3 N–H and O–H groups in total. The van der Waals surface area contributed by atoms with Crippen molar-refractivity contribution in [2.75, 3.05) is 6.54 Å². The molecule has 21 heavy (non-hydrogen) atoms. The molecule has 0 spiro atoms. The van der Waals surface area contributed by atoms with E-state index in [9.17, 15) is 9.59 Å². The number of hydrogen-bond donors (Lipinski definition) is 2. The molecule has 0 aliphatic carbocycles. The fourth-order valence-electron chi connectivity index (χ4n) is 2.28. The SMILES string of the molecule is CC[C@@H](C(=O)O)N1CCCC1=O.C[C@@H](N)c1ccccc1. The first-order chi connectivity index (χ1) is 9.97. The molecule has 2 rings (SSSR count). The average Bonchev–Trinajstić information content (AvgIpc) is 2.87. The van der Waals surface area contributed by atoms with Gasteiger partial charge in [-0.3, -0.25) is 4.79 Å². The van der Waals surface area contributed by atoms with Crippen LogP contribution in [0.2, 0.25) is 0 Å². The van der Waals surface area contributed by atoms with Crippen LogP contribution in [0.15, 0.2) is 30.3 Å². The van der Waals surface area contributed by atoms with Gasteiger partial charge < -0.3 is 15.7 Å². The molecule has 1 saturated heterocycles. The number of nitrogens with zero attached hydrogens (tertiary/aromatic N) is 1. The van der Waals surface area contributed by atoms with Crippen LogP contribution in [0.25, 0.3) is 0 Å². The van der Waals surface area contributed by atoms with Crippen molar-refractivity contribution in [3.8, 4) is 0 Å². The third kappa shape index (κ3) is 5.19. The molecule has 5 heteroatoms. The number of carbonyl (C=O) groups excluding carboxylic acids is 1. The molecule has 2 atom stereocenters. The second-order valence-electron chi connectivity index (χ2n) is 5.15. The molecule has 1 aromatic carbocycles. The predicted molar refractivity (Wildman–Crippen MR) is 81.7 cm³/mol.